The van der Waals surface area contributed by atoms with Crippen molar-refractivity contribution in [1.82, 2.24) is 9.80 Å². The van der Waals surface area contributed by atoms with Gasteiger partial charge >= 0.3 is 18.6 Å². The fourth-order valence-corrected chi connectivity index (χ4v) is 3.57. The molecule has 0 heterocycles. The summed E-state index contributed by atoms with van der Waals surface area (Å²) >= 11 is 23.9. The maximum atomic E-state index is 12.3. The Morgan fingerprint density at radius 1 is 0.686 bits per heavy atom. The van der Waals surface area contributed by atoms with Gasteiger partial charge in [-0.05, 0) is 49.5 Å². The maximum Gasteiger partial charge on any atom is 4.00 e. The topological polar surface area (TPSA) is 98.7 Å². The zero-order chi connectivity index (χ0) is 26.6. The molecule has 195 valence electrons. The Balaban J connectivity index is 0. The van der Waals surface area contributed by atoms with E-state index in [4.69, 9.17) is 46.4 Å². The molecular formula is C24H32Cl4N2O4V. The molecule has 0 unspecified atom stereocenters. The van der Waals surface area contributed by atoms with Crippen molar-refractivity contribution < 1.29 is 39.0 Å². The Labute approximate surface area is 241 Å². The third kappa shape index (κ3) is 16.9. The number of rotatable bonds is 7. The first-order valence-electron chi connectivity index (χ1n) is 10.6. The smallest absolute Gasteiger partial charge is 0.871 e. The van der Waals surface area contributed by atoms with Gasteiger partial charge in [-0.3, -0.25) is 4.90 Å². The van der Waals surface area contributed by atoms with Crippen molar-refractivity contribution in [2.75, 3.05) is 27.2 Å². The molecule has 0 fully saturated rings. The summed E-state index contributed by atoms with van der Waals surface area (Å²) in [4.78, 5) is 3.98. The first kappa shape index (κ1) is 36.8. The van der Waals surface area contributed by atoms with E-state index < -0.39 is 12.2 Å². The molecule has 11 heteroatoms. The van der Waals surface area contributed by atoms with Gasteiger partial charge in [0.25, 0.3) is 0 Å². The predicted molar refractivity (Wildman–Crippen MR) is 135 cm³/mol. The van der Waals surface area contributed by atoms with E-state index in [1.807, 2.05) is 23.9 Å². The Bertz CT molecular complexity index is 816. The van der Waals surface area contributed by atoms with Crippen molar-refractivity contribution in [2.24, 2.45) is 0 Å². The van der Waals surface area contributed by atoms with Crippen molar-refractivity contribution in [3.8, 4) is 11.5 Å². The monoisotopic (exact) mass is 603 g/mol. The van der Waals surface area contributed by atoms with Crippen LogP contribution in [0.5, 0.6) is 11.5 Å². The van der Waals surface area contributed by atoms with Crippen LogP contribution in [0, 0.1) is 0 Å². The first-order valence-corrected chi connectivity index (χ1v) is 12.1. The van der Waals surface area contributed by atoms with Crippen LogP contribution >= 0.6 is 46.4 Å². The van der Waals surface area contributed by atoms with E-state index in [0.29, 0.717) is 40.8 Å². The molecule has 1 radical (unpaired) electrons. The molecule has 0 N–H and O–H groups in total. The summed E-state index contributed by atoms with van der Waals surface area (Å²) in [6.07, 6.45) is -0.833. The van der Waals surface area contributed by atoms with Crippen molar-refractivity contribution >= 4 is 46.4 Å². The van der Waals surface area contributed by atoms with Gasteiger partial charge in [-0.2, -0.15) is 0 Å². The molecule has 2 aromatic rings. The van der Waals surface area contributed by atoms with Gasteiger partial charge in [-0.15, -0.1) is 12.2 Å². The molecule has 0 bridgehead atoms. The molecule has 2 aromatic carbocycles. The summed E-state index contributed by atoms with van der Waals surface area (Å²) < 4.78 is 0. The molecule has 0 spiro atoms. The van der Waals surface area contributed by atoms with Crippen LogP contribution in [0.1, 0.15) is 38.8 Å². The standard InChI is InChI=1S/C18H20Cl4N2O2.2C3H7O.V/c1-23(2)3-4-24(9-11-5-13(19)7-15(21)17(11)25)10-12-6-14(20)8-16(22)18(12)26;2*1-3(2)4;/h5-8,25-26H,3-4,9-10H2,1-2H3;2*3H,1-2H3;/q;2*-1;+4/p-2. The Hall–Kier alpha value is -0.376. The summed E-state index contributed by atoms with van der Waals surface area (Å²) in [6.45, 7) is 8.41. The molecule has 0 aliphatic carbocycles. The van der Waals surface area contributed by atoms with Crippen molar-refractivity contribution in [2.45, 2.75) is 53.0 Å². The molecule has 2 rings (SSSR count). The van der Waals surface area contributed by atoms with Gasteiger partial charge in [0.2, 0.25) is 0 Å². The van der Waals surface area contributed by atoms with Crippen LogP contribution in [0.4, 0.5) is 0 Å². The summed E-state index contributed by atoms with van der Waals surface area (Å²) in [5.41, 5.74) is 0.948. The van der Waals surface area contributed by atoms with Crippen molar-refractivity contribution in [3.05, 3.63) is 55.5 Å². The number of halogens is 4. The van der Waals surface area contributed by atoms with E-state index in [0.717, 1.165) is 6.54 Å². The third-order valence-electron chi connectivity index (χ3n) is 3.82. The second-order valence-corrected chi connectivity index (χ2v) is 10.1. The normalized spacial score (nSPS) is 10.6. The first-order chi connectivity index (χ1) is 15.6. The van der Waals surface area contributed by atoms with E-state index >= 15 is 0 Å². The van der Waals surface area contributed by atoms with Crippen molar-refractivity contribution in [3.63, 3.8) is 0 Å². The summed E-state index contributed by atoms with van der Waals surface area (Å²) in [5.74, 6) is -0.533. The summed E-state index contributed by atoms with van der Waals surface area (Å²) in [7, 11) is 3.89. The van der Waals surface area contributed by atoms with Crippen LogP contribution in [0.15, 0.2) is 24.3 Å². The van der Waals surface area contributed by atoms with Crippen LogP contribution in [-0.2, 0) is 31.6 Å². The molecule has 35 heavy (non-hydrogen) atoms. The van der Waals surface area contributed by atoms with Gasteiger partial charge in [0.15, 0.2) is 0 Å². The van der Waals surface area contributed by atoms with Gasteiger partial charge in [0, 0.05) is 46.3 Å². The van der Waals surface area contributed by atoms with E-state index in [-0.39, 0.29) is 40.1 Å². The second-order valence-electron chi connectivity index (χ2n) is 8.36. The zero-order valence-electron chi connectivity index (χ0n) is 20.8. The third-order valence-corrected chi connectivity index (χ3v) is 4.82. The Kier molecular flexibility index (Phi) is 19.8. The molecular weight excluding hydrogens is 573 g/mol. The molecule has 0 aliphatic rings. The van der Waals surface area contributed by atoms with E-state index in [9.17, 15) is 20.4 Å². The largest absolute Gasteiger partial charge is 4.00 e. The average molecular weight is 605 g/mol. The molecule has 0 amide bonds. The number of hydrogen-bond acceptors (Lipinski definition) is 6. The molecule has 0 aliphatic heterocycles. The Morgan fingerprint density at radius 3 is 1.29 bits per heavy atom. The van der Waals surface area contributed by atoms with Crippen LogP contribution in [0.25, 0.3) is 0 Å². The quantitative estimate of drug-likeness (QED) is 0.480. The fraction of sp³-hybridized carbons (Fsp3) is 0.500. The van der Waals surface area contributed by atoms with Crippen LogP contribution < -0.4 is 20.4 Å². The van der Waals surface area contributed by atoms with Gasteiger partial charge in [-0.1, -0.05) is 85.6 Å². The molecule has 0 aromatic heterocycles. The number of hydrogen-bond donors (Lipinski definition) is 0. The minimum absolute atomic E-state index is 0. The van der Waals surface area contributed by atoms with E-state index in [1.54, 1.807) is 39.8 Å². The van der Waals surface area contributed by atoms with Gasteiger partial charge in [0.05, 0.1) is 0 Å². The molecule has 6 nitrogen and oxygen atoms in total. The molecule has 0 atom stereocenters. The Morgan fingerprint density at radius 2 is 1.00 bits per heavy atom. The molecule has 0 saturated heterocycles. The molecule has 0 saturated carbocycles. The zero-order valence-corrected chi connectivity index (χ0v) is 25.2. The second kappa shape index (κ2) is 18.8. The van der Waals surface area contributed by atoms with E-state index in [2.05, 4.69) is 0 Å². The van der Waals surface area contributed by atoms with Gasteiger partial charge in [0.1, 0.15) is 0 Å². The van der Waals surface area contributed by atoms with Crippen LogP contribution in [0.2, 0.25) is 20.1 Å². The van der Waals surface area contributed by atoms with Crippen LogP contribution in [0.3, 0.4) is 0 Å². The maximum absolute atomic E-state index is 12.3. The predicted octanol–water partition coefficient (Wildman–Crippen LogP) is 3.52. The van der Waals surface area contributed by atoms with Gasteiger partial charge in [-0.25, -0.2) is 0 Å². The average Bonchev–Trinajstić information content (AvgIpc) is 2.66. The minimum atomic E-state index is -0.417. The number of benzene rings is 2. The van der Waals surface area contributed by atoms with E-state index in [1.165, 1.54) is 12.1 Å². The van der Waals surface area contributed by atoms with Gasteiger partial charge < -0.3 is 25.3 Å². The number of nitrogens with zero attached hydrogens (tertiary/aromatic N) is 2. The van der Waals surface area contributed by atoms with Crippen molar-refractivity contribution in [1.29, 1.82) is 0 Å². The minimum Gasteiger partial charge on any atom is -0.871 e. The SMILES string of the molecule is CC(C)[O-].CC(C)[O-].CN(C)CCN(Cc1cc(Cl)cc(Cl)c1[O-])Cc1cc(Cl)cc(Cl)c1[O-].[V+4]. The summed E-state index contributed by atoms with van der Waals surface area (Å²) in [5, 5.41) is 44.6. The summed E-state index contributed by atoms with van der Waals surface area (Å²) in [6, 6.07) is 6.04. The fourth-order valence-electron chi connectivity index (χ4n) is 2.50. The number of likely N-dealkylation sites (N-methyl/N-ethyl adjacent to an activating group) is 1. The van der Waals surface area contributed by atoms with Crippen LogP contribution in [-0.4, -0.2) is 49.2 Å².